The van der Waals surface area contributed by atoms with Crippen molar-refractivity contribution in [3.63, 3.8) is 0 Å². The van der Waals surface area contributed by atoms with Crippen LogP contribution >= 0.6 is 11.8 Å². The zero-order chi connectivity index (χ0) is 18.0. The third kappa shape index (κ3) is 3.49. The molecule has 132 valence electrons. The first-order valence-corrected chi connectivity index (χ1v) is 8.64. The summed E-state index contributed by atoms with van der Waals surface area (Å²) in [5.41, 5.74) is 5.89. The average molecular weight is 362 g/mol. The zero-order valence-corrected chi connectivity index (χ0v) is 14.5. The Labute approximate surface area is 148 Å². The van der Waals surface area contributed by atoms with Gasteiger partial charge >= 0.3 is 0 Å². The number of nitro groups is 1. The molecule has 1 fully saturated rings. The summed E-state index contributed by atoms with van der Waals surface area (Å²) in [5.74, 6) is -0.216. The Morgan fingerprint density at radius 1 is 1.52 bits per heavy atom. The maximum atomic E-state index is 12.7. The molecule has 0 bridgehead atoms. The SMILES string of the molecule is Cn1cnnc1Sc1ccc(C(=O)N2CCCC2CN)cc1[N+](=O)[O-]. The molecule has 25 heavy (non-hydrogen) atoms. The second-order valence-corrected chi connectivity index (χ2v) is 6.81. The Morgan fingerprint density at radius 3 is 2.96 bits per heavy atom. The highest BCUT2D eigenvalue weighted by molar-refractivity contribution is 7.99. The second-order valence-electron chi connectivity index (χ2n) is 5.80. The molecule has 1 aromatic carbocycles. The van der Waals surface area contributed by atoms with Gasteiger partial charge in [0.2, 0.25) is 0 Å². The summed E-state index contributed by atoms with van der Waals surface area (Å²) < 4.78 is 1.67. The van der Waals surface area contributed by atoms with Gasteiger partial charge in [-0.1, -0.05) is 0 Å². The van der Waals surface area contributed by atoms with Crippen molar-refractivity contribution in [3.05, 3.63) is 40.2 Å². The van der Waals surface area contributed by atoms with E-state index < -0.39 is 4.92 Å². The highest BCUT2D eigenvalue weighted by atomic mass is 32.2. The molecule has 1 aliphatic heterocycles. The summed E-state index contributed by atoms with van der Waals surface area (Å²) >= 11 is 1.14. The first kappa shape index (κ1) is 17.4. The zero-order valence-electron chi connectivity index (χ0n) is 13.7. The Hall–Kier alpha value is -2.46. The van der Waals surface area contributed by atoms with Gasteiger partial charge in [-0.2, -0.15) is 0 Å². The summed E-state index contributed by atoms with van der Waals surface area (Å²) in [6.45, 7) is 1.03. The molecule has 0 radical (unpaired) electrons. The van der Waals surface area contributed by atoms with Gasteiger partial charge in [0, 0.05) is 37.8 Å². The number of nitrogens with two attached hydrogens (primary N) is 1. The number of aromatic nitrogens is 3. The van der Waals surface area contributed by atoms with E-state index in [9.17, 15) is 14.9 Å². The minimum absolute atomic E-state index is 0.000694. The molecule has 1 atom stereocenters. The van der Waals surface area contributed by atoms with E-state index in [0.717, 1.165) is 24.6 Å². The number of rotatable bonds is 5. The molecule has 0 aliphatic carbocycles. The molecule has 9 nitrogen and oxygen atoms in total. The van der Waals surface area contributed by atoms with E-state index in [1.165, 1.54) is 12.4 Å². The summed E-state index contributed by atoms with van der Waals surface area (Å²) in [4.78, 5) is 25.8. The number of carbonyl (C=O) groups is 1. The number of amides is 1. The molecule has 2 heterocycles. The molecule has 1 amide bonds. The van der Waals surface area contributed by atoms with Gasteiger partial charge in [-0.15, -0.1) is 10.2 Å². The summed E-state index contributed by atoms with van der Waals surface area (Å²) in [6.07, 6.45) is 3.28. The summed E-state index contributed by atoms with van der Waals surface area (Å²) in [6, 6.07) is 4.52. The molecule has 0 spiro atoms. The van der Waals surface area contributed by atoms with Gasteiger partial charge in [0.1, 0.15) is 6.33 Å². The number of nitrogens with zero attached hydrogens (tertiary/aromatic N) is 5. The van der Waals surface area contributed by atoms with Crippen LogP contribution in [0.2, 0.25) is 0 Å². The van der Waals surface area contributed by atoms with Crippen LogP contribution in [0.15, 0.2) is 34.6 Å². The van der Waals surface area contributed by atoms with Crippen LogP contribution in [0, 0.1) is 10.1 Å². The maximum Gasteiger partial charge on any atom is 0.284 e. The van der Waals surface area contributed by atoms with Gasteiger partial charge in [-0.25, -0.2) is 0 Å². The molecular formula is C15H18N6O3S. The topological polar surface area (TPSA) is 120 Å². The van der Waals surface area contributed by atoms with Crippen LogP contribution < -0.4 is 5.73 Å². The van der Waals surface area contributed by atoms with Gasteiger partial charge in [0.15, 0.2) is 5.16 Å². The molecule has 1 unspecified atom stereocenters. The Balaban J connectivity index is 1.90. The fourth-order valence-electron chi connectivity index (χ4n) is 2.86. The van der Waals surface area contributed by atoms with Crippen molar-refractivity contribution < 1.29 is 9.72 Å². The van der Waals surface area contributed by atoms with Crippen molar-refractivity contribution in [1.82, 2.24) is 19.7 Å². The molecule has 2 aromatic rings. The van der Waals surface area contributed by atoms with Crippen LogP contribution in [-0.4, -0.2) is 49.6 Å². The number of likely N-dealkylation sites (tertiary alicyclic amines) is 1. The number of hydrogen-bond acceptors (Lipinski definition) is 7. The lowest BCUT2D eigenvalue weighted by Gasteiger charge is -2.23. The van der Waals surface area contributed by atoms with Gasteiger partial charge in [0.05, 0.1) is 9.82 Å². The predicted octanol–water partition coefficient (Wildman–Crippen LogP) is 1.44. The molecule has 0 saturated carbocycles. The van der Waals surface area contributed by atoms with E-state index in [1.54, 1.807) is 28.6 Å². The molecule has 1 aromatic heterocycles. The van der Waals surface area contributed by atoms with Crippen molar-refractivity contribution in [2.45, 2.75) is 28.9 Å². The second kappa shape index (κ2) is 7.19. The molecule has 2 N–H and O–H groups in total. The van der Waals surface area contributed by atoms with Gasteiger partial charge in [0.25, 0.3) is 11.6 Å². The molecule has 10 heteroatoms. The number of nitro benzene ring substituents is 1. The Bertz CT molecular complexity index is 808. The normalized spacial score (nSPS) is 17.0. The van der Waals surface area contributed by atoms with Crippen LogP contribution in [0.1, 0.15) is 23.2 Å². The van der Waals surface area contributed by atoms with Crippen LogP contribution in [0.5, 0.6) is 0 Å². The summed E-state index contributed by atoms with van der Waals surface area (Å²) in [7, 11) is 1.76. The fraction of sp³-hybridized carbons (Fsp3) is 0.400. The van der Waals surface area contributed by atoms with Crippen LogP contribution in [0.4, 0.5) is 5.69 Å². The fourth-order valence-corrected chi connectivity index (χ4v) is 3.71. The van der Waals surface area contributed by atoms with E-state index in [-0.39, 0.29) is 17.6 Å². The third-order valence-electron chi connectivity index (χ3n) is 4.18. The highest BCUT2D eigenvalue weighted by Gasteiger charge is 2.29. The lowest BCUT2D eigenvalue weighted by molar-refractivity contribution is -0.387. The minimum atomic E-state index is -0.486. The third-order valence-corrected chi connectivity index (χ3v) is 5.30. The van der Waals surface area contributed by atoms with Gasteiger partial charge < -0.3 is 15.2 Å². The molecule has 1 saturated heterocycles. The van der Waals surface area contributed by atoms with Crippen LogP contribution in [-0.2, 0) is 7.05 Å². The maximum absolute atomic E-state index is 12.7. The van der Waals surface area contributed by atoms with Crippen molar-refractivity contribution in [3.8, 4) is 0 Å². The van der Waals surface area contributed by atoms with Gasteiger partial charge in [-0.05, 0) is 36.7 Å². The predicted molar refractivity (Wildman–Crippen MR) is 91.3 cm³/mol. The van der Waals surface area contributed by atoms with E-state index in [0.29, 0.717) is 28.7 Å². The number of benzene rings is 1. The Kier molecular flexibility index (Phi) is 5.00. The minimum Gasteiger partial charge on any atom is -0.334 e. The highest BCUT2D eigenvalue weighted by Crippen LogP contribution is 2.34. The van der Waals surface area contributed by atoms with Crippen LogP contribution in [0.3, 0.4) is 0 Å². The first-order valence-electron chi connectivity index (χ1n) is 7.82. The van der Waals surface area contributed by atoms with E-state index in [4.69, 9.17) is 5.73 Å². The smallest absolute Gasteiger partial charge is 0.284 e. The number of hydrogen-bond donors (Lipinski definition) is 1. The van der Waals surface area contributed by atoms with Crippen molar-refractivity contribution in [1.29, 1.82) is 0 Å². The summed E-state index contributed by atoms with van der Waals surface area (Å²) in [5, 5.41) is 19.7. The van der Waals surface area contributed by atoms with Gasteiger partial charge in [-0.3, -0.25) is 14.9 Å². The average Bonchev–Trinajstić information content (AvgIpc) is 3.23. The van der Waals surface area contributed by atoms with E-state index in [2.05, 4.69) is 10.2 Å². The number of carbonyl (C=O) groups excluding carboxylic acids is 1. The van der Waals surface area contributed by atoms with E-state index >= 15 is 0 Å². The standard InChI is InChI=1S/C15H18N6O3S/c1-19-9-17-18-15(19)25-13-5-4-10(7-12(13)21(23)24)14(22)20-6-2-3-11(20)8-16/h4-5,7,9,11H,2-3,6,8,16H2,1H3. The lowest BCUT2D eigenvalue weighted by atomic mass is 10.1. The van der Waals surface area contributed by atoms with Crippen molar-refractivity contribution in [2.75, 3.05) is 13.1 Å². The largest absolute Gasteiger partial charge is 0.334 e. The number of aryl methyl sites for hydroxylation is 1. The molecule has 1 aliphatic rings. The Morgan fingerprint density at radius 2 is 2.32 bits per heavy atom. The molecular weight excluding hydrogens is 344 g/mol. The van der Waals surface area contributed by atoms with Crippen LogP contribution in [0.25, 0.3) is 0 Å². The first-order chi connectivity index (χ1) is 12.0. The van der Waals surface area contributed by atoms with Crippen molar-refractivity contribution in [2.24, 2.45) is 12.8 Å². The van der Waals surface area contributed by atoms with Crippen molar-refractivity contribution >= 4 is 23.4 Å². The lowest BCUT2D eigenvalue weighted by Crippen LogP contribution is -2.39. The quantitative estimate of drug-likeness (QED) is 0.631. The monoisotopic (exact) mass is 362 g/mol. The van der Waals surface area contributed by atoms with E-state index in [1.807, 2.05) is 0 Å². The molecule has 3 rings (SSSR count).